The predicted molar refractivity (Wildman–Crippen MR) is 100 cm³/mol. The number of aryl methyl sites for hydroxylation is 2. The number of carbonyl (C=O) groups excluding carboxylic acids is 2. The first-order valence-electron chi connectivity index (χ1n) is 8.31. The van der Waals surface area contributed by atoms with Crippen LogP contribution in [0.25, 0.3) is 0 Å². The molecule has 2 rings (SSSR count). The summed E-state index contributed by atoms with van der Waals surface area (Å²) in [6.45, 7) is 3.56. The highest BCUT2D eigenvalue weighted by atomic mass is 32.2. The summed E-state index contributed by atoms with van der Waals surface area (Å²) in [6, 6.07) is 12.8. The molecule has 1 N–H and O–H groups in total. The fraction of sp³-hybridized carbons (Fsp3) is 0.300. The van der Waals surface area contributed by atoms with Gasteiger partial charge in [-0.25, -0.2) is 4.39 Å². The van der Waals surface area contributed by atoms with Gasteiger partial charge in [0.05, 0.1) is 6.42 Å². The number of hydrogen-bond acceptors (Lipinski definition) is 4. The molecule has 0 spiro atoms. The Bertz CT molecular complexity index is 762. The van der Waals surface area contributed by atoms with Crippen LogP contribution in [0.3, 0.4) is 0 Å². The molecule has 2 aromatic rings. The smallest absolute Gasteiger partial charge is 0.307 e. The van der Waals surface area contributed by atoms with Gasteiger partial charge in [-0.2, -0.15) is 0 Å². The van der Waals surface area contributed by atoms with Gasteiger partial charge in [-0.05, 0) is 43.2 Å². The third-order valence-electron chi connectivity index (χ3n) is 3.69. The highest BCUT2D eigenvalue weighted by molar-refractivity contribution is 7.99. The molecule has 0 fully saturated rings. The summed E-state index contributed by atoms with van der Waals surface area (Å²) in [5.41, 5.74) is 2.40. The lowest BCUT2D eigenvalue weighted by molar-refractivity contribution is -0.148. The van der Waals surface area contributed by atoms with Crippen molar-refractivity contribution >= 4 is 23.6 Å². The van der Waals surface area contributed by atoms with Crippen LogP contribution in [-0.2, 0) is 20.9 Å². The molecule has 0 aliphatic heterocycles. The van der Waals surface area contributed by atoms with Crippen LogP contribution in [0.2, 0.25) is 0 Å². The van der Waals surface area contributed by atoms with Gasteiger partial charge in [-0.3, -0.25) is 9.59 Å². The van der Waals surface area contributed by atoms with Crippen molar-refractivity contribution in [2.24, 2.45) is 0 Å². The first-order valence-corrected chi connectivity index (χ1v) is 9.29. The number of rotatable bonds is 8. The molecule has 2 aromatic carbocycles. The Balaban J connectivity index is 1.62. The van der Waals surface area contributed by atoms with Crippen LogP contribution < -0.4 is 5.32 Å². The van der Waals surface area contributed by atoms with Gasteiger partial charge in [0.15, 0.2) is 6.61 Å². The second-order valence-corrected chi connectivity index (χ2v) is 7.10. The number of carbonyl (C=O) groups is 2. The van der Waals surface area contributed by atoms with Crippen molar-refractivity contribution in [1.82, 2.24) is 5.32 Å². The minimum absolute atomic E-state index is 0.191. The lowest BCUT2D eigenvalue weighted by Crippen LogP contribution is -2.28. The number of hydrogen-bond donors (Lipinski definition) is 1. The van der Waals surface area contributed by atoms with Crippen LogP contribution in [0.5, 0.6) is 0 Å². The molecule has 0 bridgehead atoms. The van der Waals surface area contributed by atoms with Crippen LogP contribution in [0.4, 0.5) is 4.39 Å². The van der Waals surface area contributed by atoms with Gasteiger partial charge in [0.25, 0.3) is 5.91 Å². The van der Waals surface area contributed by atoms with Gasteiger partial charge in [0, 0.05) is 17.2 Å². The average molecular weight is 375 g/mol. The van der Waals surface area contributed by atoms with E-state index in [1.54, 1.807) is 30.8 Å². The Hall–Kier alpha value is -2.34. The summed E-state index contributed by atoms with van der Waals surface area (Å²) in [6.07, 6.45) is 0.231. The number of benzene rings is 2. The molecule has 0 aromatic heterocycles. The van der Waals surface area contributed by atoms with E-state index in [1.807, 2.05) is 31.2 Å². The van der Waals surface area contributed by atoms with Gasteiger partial charge >= 0.3 is 5.97 Å². The molecule has 6 heteroatoms. The maximum Gasteiger partial charge on any atom is 0.307 e. The van der Waals surface area contributed by atoms with E-state index in [-0.39, 0.29) is 25.4 Å². The van der Waals surface area contributed by atoms with E-state index in [1.165, 1.54) is 11.6 Å². The minimum atomic E-state index is -0.416. The van der Waals surface area contributed by atoms with Gasteiger partial charge < -0.3 is 10.1 Å². The maximum atomic E-state index is 13.4. The second-order valence-electron chi connectivity index (χ2n) is 5.93. The zero-order valence-corrected chi connectivity index (χ0v) is 15.7. The van der Waals surface area contributed by atoms with Crippen molar-refractivity contribution in [2.45, 2.75) is 31.7 Å². The molecule has 0 saturated heterocycles. The molecule has 0 aliphatic rings. The lowest BCUT2D eigenvalue weighted by Gasteiger charge is -2.07. The monoisotopic (exact) mass is 375 g/mol. The second kappa shape index (κ2) is 9.97. The summed E-state index contributed by atoms with van der Waals surface area (Å²) in [5.74, 6) is -0.549. The standard InChI is InChI=1S/C20H22FNO3S/c1-14-3-7-17(8-4-14)26-10-9-20(24)25-13-19(23)22-12-16-6-5-15(2)18(21)11-16/h3-8,11H,9-10,12-13H2,1-2H3,(H,22,23). The van der Waals surface area contributed by atoms with Gasteiger partial charge in [-0.1, -0.05) is 29.8 Å². The van der Waals surface area contributed by atoms with Gasteiger partial charge in [0.2, 0.25) is 0 Å². The van der Waals surface area contributed by atoms with E-state index < -0.39 is 11.9 Å². The number of nitrogens with one attached hydrogen (secondary N) is 1. The molecule has 138 valence electrons. The molecular weight excluding hydrogens is 353 g/mol. The van der Waals surface area contributed by atoms with Crippen molar-refractivity contribution < 1.29 is 18.7 Å². The number of halogens is 1. The van der Waals surface area contributed by atoms with Gasteiger partial charge in [0.1, 0.15) is 5.82 Å². The van der Waals surface area contributed by atoms with Crippen LogP contribution in [0, 0.1) is 19.7 Å². The van der Waals surface area contributed by atoms with Crippen LogP contribution >= 0.6 is 11.8 Å². The molecule has 4 nitrogen and oxygen atoms in total. The third-order valence-corrected chi connectivity index (χ3v) is 4.70. The molecule has 0 atom stereocenters. The van der Waals surface area contributed by atoms with Crippen LogP contribution in [0.1, 0.15) is 23.1 Å². The topological polar surface area (TPSA) is 55.4 Å². The molecule has 0 unspecified atom stereocenters. The van der Waals surface area contributed by atoms with E-state index in [0.29, 0.717) is 16.9 Å². The molecule has 0 saturated carbocycles. The highest BCUT2D eigenvalue weighted by Gasteiger charge is 2.08. The Labute approximate surface area is 157 Å². The van der Waals surface area contributed by atoms with E-state index in [4.69, 9.17) is 4.74 Å². The highest BCUT2D eigenvalue weighted by Crippen LogP contribution is 2.19. The van der Waals surface area contributed by atoms with E-state index in [0.717, 1.165) is 4.90 Å². The zero-order chi connectivity index (χ0) is 18.9. The third kappa shape index (κ3) is 6.88. The Kier molecular flexibility index (Phi) is 7.66. The van der Waals surface area contributed by atoms with Crippen molar-refractivity contribution in [3.05, 3.63) is 65.0 Å². The minimum Gasteiger partial charge on any atom is -0.456 e. The van der Waals surface area contributed by atoms with Crippen molar-refractivity contribution in [3.63, 3.8) is 0 Å². The number of esters is 1. The van der Waals surface area contributed by atoms with Crippen molar-refractivity contribution in [1.29, 1.82) is 0 Å². The summed E-state index contributed by atoms with van der Waals surface area (Å²) < 4.78 is 18.4. The molecule has 0 heterocycles. The first-order chi connectivity index (χ1) is 12.4. The number of amides is 1. The quantitative estimate of drug-likeness (QED) is 0.563. The largest absolute Gasteiger partial charge is 0.456 e. The SMILES string of the molecule is Cc1ccc(SCCC(=O)OCC(=O)NCc2ccc(C)c(F)c2)cc1. The lowest BCUT2D eigenvalue weighted by atomic mass is 10.1. The number of ether oxygens (including phenoxy) is 1. The van der Waals surface area contributed by atoms with Gasteiger partial charge in [-0.15, -0.1) is 11.8 Å². The van der Waals surface area contributed by atoms with E-state index in [2.05, 4.69) is 5.32 Å². The predicted octanol–water partition coefficient (Wildman–Crippen LogP) is 3.78. The summed E-state index contributed by atoms with van der Waals surface area (Å²) in [5, 5.41) is 2.60. The number of thioether (sulfide) groups is 1. The molecular formula is C20H22FNO3S. The molecule has 0 radical (unpaired) electrons. The Morgan fingerprint density at radius 3 is 2.54 bits per heavy atom. The summed E-state index contributed by atoms with van der Waals surface area (Å²) in [4.78, 5) is 24.5. The fourth-order valence-electron chi connectivity index (χ4n) is 2.10. The molecule has 1 amide bonds. The summed E-state index contributed by atoms with van der Waals surface area (Å²) in [7, 11) is 0. The van der Waals surface area contributed by atoms with Crippen molar-refractivity contribution in [3.8, 4) is 0 Å². The van der Waals surface area contributed by atoms with Crippen LogP contribution in [0.15, 0.2) is 47.4 Å². The Morgan fingerprint density at radius 2 is 1.85 bits per heavy atom. The zero-order valence-electron chi connectivity index (χ0n) is 14.9. The van der Waals surface area contributed by atoms with Crippen LogP contribution in [-0.4, -0.2) is 24.2 Å². The van der Waals surface area contributed by atoms with E-state index in [9.17, 15) is 14.0 Å². The normalized spacial score (nSPS) is 10.4. The average Bonchev–Trinajstić information content (AvgIpc) is 2.62. The maximum absolute atomic E-state index is 13.4. The molecule has 0 aliphatic carbocycles. The van der Waals surface area contributed by atoms with E-state index >= 15 is 0 Å². The summed E-state index contributed by atoms with van der Waals surface area (Å²) >= 11 is 1.56. The first kappa shape index (κ1) is 20.0. The Morgan fingerprint density at radius 1 is 1.12 bits per heavy atom. The fourth-order valence-corrected chi connectivity index (χ4v) is 2.94. The molecule has 26 heavy (non-hydrogen) atoms. The van der Waals surface area contributed by atoms with Crippen molar-refractivity contribution in [2.75, 3.05) is 12.4 Å².